The molecule has 0 aliphatic carbocycles. The highest BCUT2D eigenvalue weighted by Crippen LogP contribution is 2.34. The largest absolute Gasteiger partial charge is 0.384 e. The van der Waals surface area contributed by atoms with Crippen molar-refractivity contribution in [3.05, 3.63) is 60.3 Å². The van der Waals surface area contributed by atoms with Crippen molar-refractivity contribution in [1.82, 2.24) is 9.97 Å². The van der Waals surface area contributed by atoms with Gasteiger partial charge in [-0.05, 0) is 47.9 Å². The Morgan fingerprint density at radius 2 is 2.04 bits per heavy atom. The van der Waals surface area contributed by atoms with Gasteiger partial charge in [0, 0.05) is 41.3 Å². The van der Waals surface area contributed by atoms with Gasteiger partial charge in [-0.25, -0.2) is 4.98 Å². The molecule has 4 heteroatoms. The number of aromatic amines is 1. The van der Waals surface area contributed by atoms with Crippen molar-refractivity contribution in [1.29, 1.82) is 0 Å². The van der Waals surface area contributed by atoms with E-state index in [2.05, 4.69) is 70.7 Å². The topological polar surface area (TPSA) is 66.7 Å². The highest BCUT2D eigenvalue weighted by Gasteiger charge is 2.11. The number of aryl methyl sites for hydroxylation is 1. The number of anilines is 1. The molecule has 0 bridgehead atoms. The van der Waals surface area contributed by atoms with Gasteiger partial charge in [-0.1, -0.05) is 24.3 Å². The maximum absolute atomic E-state index is 5.59. The van der Waals surface area contributed by atoms with Crippen LogP contribution in [0.4, 0.5) is 5.69 Å². The molecular weight excluding hydrogens is 296 g/mol. The minimum atomic E-state index is 0.617. The number of aromatic nitrogens is 2. The SMILES string of the molecule is Cc1ccc2c(c1)[nH]c1nccc(-c3cccc(NCCN)c3)c12. The quantitative estimate of drug-likeness (QED) is 0.532. The van der Waals surface area contributed by atoms with Crippen molar-refractivity contribution in [3.8, 4) is 11.1 Å². The fourth-order valence-electron chi connectivity index (χ4n) is 3.19. The molecule has 0 unspecified atom stereocenters. The van der Waals surface area contributed by atoms with Crippen LogP contribution in [0.3, 0.4) is 0 Å². The molecule has 4 aromatic rings. The maximum atomic E-state index is 5.59. The van der Waals surface area contributed by atoms with Gasteiger partial charge in [-0.3, -0.25) is 0 Å². The van der Waals surface area contributed by atoms with E-state index in [0.717, 1.165) is 23.4 Å². The molecule has 0 aliphatic rings. The fraction of sp³-hybridized carbons (Fsp3) is 0.150. The molecule has 2 aromatic heterocycles. The van der Waals surface area contributed by atoms with Crippen LogP contribution in [0.1, 0.15) is 5.56 Å². The lowest BCUT2D eigenvalue weighted by Gasteiger charge is -2.09. The number of rotatable bonds is 4. The summed E-state index contributed by atoms with van der Waals surface area (Å²) in [4.78, 5) is 7.95. The first kappa shape index (κ1) is 14.7. The number of pyridine rings is 1. The molecule has 4 rings (SSSR count). The Hall–Kier alpha value is -2.85. The monoisotopic (exact) mass is 316 g/mol. The zero-order chi connectivity index (χ0) is 16.5. The van der Waals surface area contributed by atoms with Crippen molar-refractivity contribution >= 4 is 27.6 Å². The molecule has 4 N–H and O–H groups in total. The molecule has 120 valence electrons. The van der Waals surface area contributed by atoms with Gasteiger partial charge in [0.15, 0.2) is 0 Å². The third-order valence-electron chi connectivity index (χ3n) is 4.30. The van der Waals surface area contributed by atoms with Crippen molar-refractivity contribution in [2.24, 2.45) is 5.73 Å². The lowest BCUT2D eigenvalue weighted by atomic mass is 10.0. The third-order valence-corrected chi connectivity index (χ3v) is 4.30. The molecule has 0 saturated carbocycles. The summed E-state index contributed by atoms with van der Waals surface area (Å²) in [6.45, 7) is 3.49. The van der Waals surface area contributed by atoms with Crippen LogP contribution in [-0.2, 0) is 0 Å². The summed E-state index contributed by atoms with van der Waals surface area (Å²) in [6.07, 6.45) is 1.86. The average molecular weight is 316 g/mol. The first-order valence-electron chi connectivity index (χ1n) is 8.18. The predicted octanol–water partition coefficient (Wildman–Crippen LogP) is 4.06. The maximum Gasteiger partial charge on any atom is 0.138 e. The summed E-state index contributed by atoms with van der Waals surface area (Å²) in [5.74, 6) is 0. The van der Waals surface area contributed by atoms with Crippen LogP contribution in [0.5, 0.6) is 0 Å². The number of hydrogen-bond acceptors (Lipinski definition) is 3. The molecule has 0 saturated heterocycles. The molecular formula is C20H20N4. The summed E-state index contributed by atoms with van der Waals surface area (Å²) in [6, 6.07) is 17.0. The number of nitrogens with one attached hydrogen (secondary N) is 2. The summed E-state index contributed by atoms with van der Waals surface area (Å²) >= 11 is 0. The molecule has 0 atom stereocenters. The molecule has 0 spiro atoms. The Bertz CT molecular complexity index is 1020. The molecule has 2 aromatic carbocycles. The van der Waals surface area contributed by atoms with Crippen LogP contribution >= 0.6 is 0 Å². The smallest absolute Gasteiger partial charge is 0.138 e. The standard InChI is InChI=1S/C20H20N4/c1-13-5-6-17-18(11-13)24-20-19(17)16(7-9-23-20)14-3-2-4-15(12-14)22-10-8-21/h2-7,9,11-12,22H,8,10,21H2,1H3,(H,23,24). The molecule has 24 heavy (non-hydrogen) atoms. The fourth-order valence-corrected chi connectivity index (χ4v) is 3.19. The van der Waals surface area contributed by atoms with Gasteiger partial charge < -0.3 is 16.0 Å². The second kappa shape index (κ2) is 5.98. The van der Waals surface area contributed by atoms with Crippen LogP contribution in [0.2, 0.25) is 0 Å². The van der Waals surface area contributed by atoms with E-state index in [4.69, 9.17) is 5.73 Å². The Labute approximate surface area is 140 Å². The second-order valence-electron chi connectivity index (χ2n) is 6.05. The van der Waals surface area contributed by atoms with Crippen molar-refractivity contribution in [2.45, 2.75) is 6.92 Å². The number of nitrogens with zero attached hydrogens (tertiary/aromatic N) is 1. The number of H-pyrrole nitrogens is 1. The first-order chi connectivity index (χ1) is 11.8. The predicted molar refractivity (Wildman–Crippen MR) is 101 cm³/mol. The minimum absolute atomic E-state index is 0.617. The van der Waals surface area contributed by atoms with E-state index in [1.54, 1.807) is 0 Å². The Kier molecular flexibility index (Phi) is 3.67. The molecule has 2 heterocycles. The number of hydrogen-bond donors (Lipinski definition) is 3. The van der Waals surface area contributed by atoms with Crippen LogP contribution in [0, 0.1) is 6.92 Å². The Morgan fingerprint density at radius 3 is 2.92 bits per heavy atom. The van der Waals surface area contributed by atoms with Crippen LogP contribution in [0.25, 0.3) is 33.1 Å². The van der Waals surface area contributed by atoms with Crippen molar-refractivity contribution in [2.75, 3.05) is 18.4 Å². The zero-order valence-electron chi connectivity index (χ0n) is 13.6. The van der Waals surface area contributed by atoms with E-state index in [-0.39, 0.29) is 0 Å². The Balaban J connectivity index is 1.92. The van der Waals surface area contributed by atoms with Gasteiger partial charge in [-0.2, -0.15) is 0 Å². The van der Waals surface area contributed by atoms with Gasteiger partial charge in [0.25, 0.3) is 0 Å². The molecule has 4 nitrogen and oxygen atoms in total. The average Bonchev–Trinajstić information content (AvgIpc) is 2.97. The van der Waals surface area contributed by atoms with Crippen LogP contribution < -0.4 is 11.1 Å². The minimum Gasteiger partial charge on any atom is -0.384 e. The summed E-state index contributed by atoms with van der Waals surface area (Å²) in [5, 5.41) is 5.72. The van der Waals surface area contributed by atoms with E-state index < -0.39 is 0 Å². The van der Waals surface area contributed by atoms with E-state index in [1.165, 1.54) is 27.5 Å². The highest BCUT2D eigenvalue weighted by molar-refractivity contribution is 6.13. The number of benzene rings is 2. The second-order valence-corrected chi connectivity index (χ2v) is 6.05. The number of nitrogens with two attached hydrogens (primary N) is 1. The van der Waals surface area contributed by atoms with Crippen LogP contribution in [0.15, 0.2) is 54.7 Å². The van der Waals surface area contributed by atoms with E-state index in [0.29, 0.717) is 6.54 Å². The third kappa shape index (κ3) is 2.51. The molecule has 0 radical (unpaired) electrons. The van der Waals surface area contributed by atoms with Crippen molar-refractivity contribution in [3.63, 3.8) is 0 Å². The normalized spacial score (nSPS) is 11.2. The molecule has 0 aliphatic heterocycles. The van der Waals surface area contributed by atoms with Gasteiger partial charge in [-0.15, -0.1) is 0 Å². The summed E-state index contributed by atoms with van der Waals surface area (Å²) < 4.78 is 0. The van der Waals surface area contributed by atoms with Gasteiger partial charge >= 0.3 is 0 Å². The first-order valence-corrected chi connectivity index (χ1v) is 8.18. The van der Waals surface area contributed by atoms with E-state index >= 15 is 0 Å². The summed E-state index contributed by atoms with van der Waals surface area (Å²) in [5.41, 5.74) is 12.3. The Morgan fingerprint density at radius 1 is 1.12 bits per heavy atom. The van der Waals surface area contributed by atoms with E-state index in [9.17, 15) is 0 Å². The lowest BCUT2D eigenvalue weighted by Crippen LogP contribution is -2.12. The van der Waals surface area contributed by atoms with Gasteiger partial charge in [0.1, 0.15) is 5.65 Å². The zero-order valence-corrected chi connectivity index (χ0v) is 13.6. The molecule has 0 amide bonds. The van der Waals surface area contributed by atoms with E-state index in [1.807, 2.05) is 6.20 Å². The molecule has 0 fully saturated rings. The number of fused-ring (bicyclic) bond motifs is 3. The highest BCUT2D eigenvalue weighted by atomic mass is 14.9. The van der Waals surface area contributed by atoms with Crippen molar-refractivity contribution < 1.29 is 0 Å². The van der Waals surface area contributed by atoms with Crippen LogP contribution in [-0.4, -0.2) is 23.1 Å². The van der Waals surface area contributed by atoms with Gasteiger partial charge in [0.05, 0.1) is 0 Å². The van der Waals surface area contributed by atoms with Gasteiger partial charge in [0.2, 0.25) is 0 Å². The lowest BCUT2D eigenvalue weighted by molar-refractivity contribution is 1.02. The summed E-state index contributed by atoms with van der Waals surface area (Å²) in [7, 11) is 0.